The maximum Gasteiger partial charge on any atom is 0.0608 e. The zero-order valence-electron chi connectivity index (χ0n) is 12.7. The van der Waals surface area contributed by atoms with Crippen LogP contribution in [0.1, 0.15) is 38.1 Å². The van der Waals surface area contributed by atoms with Crippen LogP contribution in [0.25, 0.3) is 0 Å². The Kier molecular flexibility index (Phi) is 4.81. The van der Waals surface area contributed by atoms with Gasteiger partial charge >= 0.3 is 0 Å². The van der Waals surface area contributed by atoms with E-state index < -0.39 is 0 Å². The minimum atomic E-state index is 0.656. The van der Waals surface area contributed by atoms with Gasteiger partial charge in [0.05, 0.1) is 11.4 Å². The second-order valence-corrected chi connectivity index (χ2v) is 5.91. The van der Waals surface area contributed by atoms with Gasteiger partial charge in [0, 0.05) is 24.8 Å². The second-order valence-electron chi connectivity index (χ2n) is 5.91. The summed E-state index contributed by atoms with van der Waals surface area (Å²) in [4.78, 5) is 7.13. The standard InChI is InChI=1S/C16H27N3/c1-5-15-8-9-19(11-12(2)10-17-15)16-7-6-13(3)18-14(16)4/h6-7,12,15,17H,5,8-11H2,1-4H3. The smallest absolute Gasteiger partial charge is 0.0608 e. The molecule has 1 saturated heterocycles. The molecule has 0 radical (unpaired) electrons. The number of pyridine rings is 1. The first-order valence-corrected chi connectivity index (χ1v) is 7.52. The Morgan fingerprint density at radius 2 is 2.16 bits per heavy atom. The fourth-order valence-corrected chi connectivity index (χ4v) is 2.89. The molecule has 0 bridgehead atoms. The van der Waals surface area contributed by atoms with E-state index in [9.17, 15) is 0 Å². The molecule has 106 valence electrons. The summed E-state index contributed by atoms with van der Waals surface area (Å²) in [5, 5.41) is 3.67. The molecule has 3 heteroatoms. The van der Waals surface area contributed by atoms with E-state index in [1.54, 1.807) is 0 Å². The first kappa shape index (κ1) is 14.3. The minimum absolute atomic E-state index is 0.656. The molecule has 0 amide bonds. The fourth-order valence-electron chi connectivity index (χ4n) is 2.89. The number of nitrogens with zero attached hydrogens (tertiary/aromatic N) is 2. The van der Waals surface area contributed by atoms with Gasteiger partial charge in [0.25, 0.3) is 0 Å². The predicted octanol–water partition coefficient (Wildman–Crippen LogP) is 2.91. The van der Waals surface area contributed by atoms with Crippen LogP contribution in [-0.4, -0.2) is 30.7 Å². The first-order chi connectivity index (χ1) is 9.10. The Morgan fingerprint density at radius 3 is 2.84 bits per heavy atom. The molecule has 1 aromatic heterocycles. The van der Waals surface area contributed by atoms with Gasteiger partial charge in [0.15, 0.2) is 0 Å². The fraction of sp³-hybridized carbons (Fsp3) is 0.688. The van der Waals surface area contributed by atoms with Gasteiger partial charge in [-0.05, 0) is 51.3 Å². The number of aromatic nitrogens is 1. The Bertz CT molecular complexity index is 416. The highest BCUT2D eigenvalue weighted by Crippen LogP contribution is 2.22. The van der Waals surface area contributed by atoms with Crippen LogP contribution in [-0.2, 0) is 0 Å². The molecule has 2 heterocycles. The van der Waals surface area contributed by atoms with Crippen LogP contribution in [0, 0.1) is 19.8 Å². The van der Waals surface area contributed by atoms with E-state index in [0.29, 0.717) is 12.0 Å². The number of hydrogen-bond acceptors (Lipinski definition) is 3. The number of nitrogens with one attached hydrogen (secondary N) is 1. The number of aryl methyl sites for hydroxylation is 2. The molecule has 1 aliphatic heterocycles. The molecule has 3 nitrogen and oxygen atoms in total. The van der Waals surface area contributed by atoms with Crippen molar-refractivity contribution in [1.82, 2.24) is 10.3 Å². The molecule has 2 atom stereocenters. The number of rotatable bonds is 2. The molecule has 1 N–H and O–H groups in total. The lowest BCUT2D eigenvalue weighted by Crippen LogP contribution is -2.43. The maximum absolute atomic E-state index is 4.61. The van der Waals surface area contributed by atoms with Crippen LogP contribution in [0.3, 0.4) is 0 Å². The van der Waals surface area contributed by atoms with Crippen molar-refractivity contribution in [2.45, 2.75) is 46.6 Å². The molecule has 0 spiro atoms. The third kappa shape index (κ3) is 3.69. The molecule has 2 unspecified atom stereocenters. The summed E-state index contributed by atoms with van der Waals surface area (Å²) in [6.07, 6.45) is 2.43. The average Bonchev–Trinajstić information content (AvgIpc) is 2.35. The zero-order chi connectivity index (χ0) is 13.8. The summed E-state index contributed by atoms with van der Waals surface area (Å²) in [6, 6.07) is 5.02. The molecule has 1 fully saturated rings. The lowest BCUT2D eigenvalue weighted by molar-refractivity contribution is 0.387. The van der Waals surface area contributed by atoms with E-state index in [2.05, 4.69) is 55.0 Å². The van der Waals surface area contributed by atoms with Crippen molar-refractivity contribution >= 4 is 5.69 Å². The van der Waals surface area contributed by atoms with Crippen molar-refractivity contribution in [3.8, 4) is 0 Å². The lowest BCUT2D eigenvalue weighted by atomic mass is 10.0. The van der Waals surface area contributed by atoms with Gasteiger partial charge in [-0.3, -0.25) is 4.98 Å². The Morgan fingerprint density at radius 1 is 1.37 bits per heavy atom. The van der Waals surface area contributed by atoms with Crippen molar-refractivity contribution in [3.63, 3.8) is 0 Å². The van der Waals surface area contributed by atoms with Gasteiger partial charge < -0.3 is 10.2 Å². The zero-order valence-corrected chi connectivity index (χ0v) is 12.7. The molecule has 0 saturated carbocycles. The molecular weight excluding hydrogens is 234 g/mol. The van der Waals surface area contributed by atoms with Crippen LogP contribution in [0.4, 0.5) is 5.69 Å². The van der Waals surface area contributed by atoms with Gasteiger partial charge in [-0.25, -0.2) is 0 Å². The summed E-state index contributed by atoms with van der Waals surface area (Å²) < 4.78 is 0. The highest BCUT2D eigenvalue weighted by atomic mass is 15.2. The van der Waals surface area contributed by atoms with Crippen molar-refractivity contribution in [1.29, 1.82) is 0 Å². The van der Waals surface area contributed by atoms with Gasteiger partial charge in [0.1, 0.15) is 0 Å². The third-order valence-corrected chi connectivity index (χ3v) is 4.07. The molecule has 1 aromatic rings. The molecular formula is C16H27N3. The predicted molar refractivity (Wildman–Crippen MR) is 81.8 cm³/mol. The van der Waals surface area contributed by atoms with Gasteiger partial charge in [-0.2, -0.15) is 0 Å². The van der Waals surface area contributed by atoms with E-state index in [4.69, 9.17) is 0 Å². The molecule has 2 rings (SSSR count). The van der Waals surface area contributed by atoms with Gasteiger partial charge in [-0.1, -0.05) is 13.8 Å². The quantitative estimate of drug-likeness (QED) is 0.887. The second kappa shape index (κ2) is 6.38. The highest BCUT2D eigenvalue weighted by Gasteiger charge is 2.19. The monoisotopic (exact) mass is 261 g/mol. The van der Waals surface area contributed by atoms with Crippen LogP contribution in [0.15, 0.2) is 12.1 Å². The van der Waals surface area contributed by atoms with E-state index >= 15 is 0 Å². The maximum atomic E-state index is 4.61. The number of hydrogen-bond donors (Lipinski definition) is 1. The van der Waals surface area contributed by atoms with Crippen molar-refractivity contribution in [2.75, 3.05) is 24.5 Å². The largest absolute Gasteiger partial charge is 0.370 e. The highest BCUT2D eigenvalue weighted by molar-refractivity contribution is 5.50. The van der Waals surface area contributed by atoms with Crippen molar-refractivity contribution in [2.24, 2.45) is 5.92 Å². The Labute approximate surface area is 117 Å². The summed E-state index contributed by atoms with van der Waals surface area (Å²) in [5.41, 5.74) is 3.58. The van der Waals surface area contributed by atoms with Gasteiger partial charge in [0.2, 0.25) is 0 Å². The van der Waals surface area contributed by atoms with Gasteiger partial charge in [-0.15, -0.1) is 0 Å². The van der Waals surface area contributed by atoms with Crippen LogP contribution in [0.5, 0.6) is 0 Å². The summed E-state index contributed by atoms with van der Waals surface area (Å²) in [7, 11) is 0. The molecule has 0 aliphatic carbocycles. The van der Waals surface area contributed by atoms with Crippen LogP contribution in [0.2, 0.25) is 0 Å². The lowest BCUT2D eigenvalue weighted by Gasteiger charge is -2.34. The topological polar surface area (TPSA) is 28.2 Å². The normalized spacial score (nSPS) is 24.9. The van der Waals surface area contributed by atoms with Crippen LogP contribution >= 0.6 is 0 Å². The molecule has 19 heavy (non-hydrogen) atoms. The van der Waals surface area contributed by atoms with E-state index in [0.717, 1.165) is 31.0 Å². The van der Waals surface area contributed by atoms with Crippen molar-refractivity contribution < 1.29 is 0 Å². The Hall–Kier alpha value is -1.09. The molecule has 1 aliphatic rings. The average molecular weight is 261 g/mol. The van der Waals surface area contributed by atoms with E-state index in [-0.39, 0.29) is 0 Å². The summed E-state index contributed by atoms with van der Waals surface area (Å²) in [6.45, 7) is 12.1. The minimum Gasteiger partial charge on any atom is -0.370 e. The Balaban J connectivity index is 2.16. The third-order valence-electron chi connectivity index (χ3n) is 4.07. The summed E-state index contributed by atoms with van der Waals surface area (Å²) in [5.74, 6) is 0.676. The molecule has 0 aromatic carbocycles. The van der Waals surface area contributed by atoms with E-state index in [1.165, 1.54) is 18.5 Å². The van der Waals surface area contributed by atoms with Crippen molar-refractivity contribution in [3.05, 3.63) is 23.5 Å². The first-order valence-electron chi connectivity index (χ1n) is 7.52. The SMILES string of the molecule is CCC1CCN(c2ccc(C)nc2C)CC(C)CN1. The number of anilines is 1. The summed E-state index contributed by atoms with van der Waals surface area (Å²) >= 11 is 0. The van der Waals surface area contributed by atoms with E-state index in [1.807, 2.05) is 0 Å². The van der Waals surface area contributed by atoms with Crippen LogP contribution < -0.4 is 10.2 Å².